The van der Waals surface area contributed by atoms with E-state index in [0.29, 0.717) is 54.7 Å². The van der Waals surface area contributed by atoms with Crippen molar-refractivity contribution in [3.63, 3.8) is 0 Å². The molecule has 15 nitrogen and oxygen atoms in total. The number of thioether (sulfide) groups is 1. The minimum atomic E-state index is -4.54. The maximum Gasteiger partial charge on any atom is 0.416 e. The minimum Gasteiger partial charge on any atom is -0.444 e. The standard InChI is InChI=1S/C16H23NO4S.C16H23NO2S.C11H12F3NO2S.C9H17NO3.ClH/c1-11-6-5-7-13(8-11)22(19,20)14-9-12(10-14)17-15(18)21-16(2,3)4;1-11-6-5-7-13(8-11)20-14-9-12(10-14)17-15(18)19-16(2,3)4;12-11(13,14)7-2-1-3-9(4-7)18(16,17)10-5-8(15)6-10;1-9(2,3)13-8(12)10-6-4-7(11)5-6;/h5-8,12,14H,9-10H2,1-4H3,(H,17,18);5-8,12,14H,9-10H2,1-4H3,(H,17,18);1-4,8,10H,5-6,15H2;6-7,11H,4-5H2,1-3H3,(H,10,12);1H. The zero-order chi connectivity index (χ0) is 54.9. The van der Waals surface area contributed by atoms with E-state index in [0.717, 1.165) is 30.5 Å². The molecule has 0 saturated heterocycles. The number of carbonyl (C=O) groups excluding carboxylic acids is 3. The Labute approximate surface area is 446 Å². The Kier molecular flexibility index (Phi) is 22.6. The number of benzene rings is 3. The van der Waals surface area contributed by atoms with Crippen molar-refractivity contribution in [2.45, 2.75) is 211 Å². The van der Waals surface area contributed by atoms with Gasteiger partial charge in [0.15, 0.2) is 19.7 Å². The van der Waals surface area contributed by atoms with E-state index >= 15 is 0 Å². The highest BCUT2D eigenvalue weighted by Gasteiger charge is 2.42. The van der Waals surface area contributed by atoms with Gasteiger partial charge < -0.3 is 41.0 Å². The number of hydrogen-bond donors (Lipinski definition) is 5. The zero-order valence-corrected chi connectivity index (χ0v) is 47.3. The van der Waals surface area contributed by atoms with Crippen molar-refractivity contribution < 1.29 is 63.7 Å². The second-order valence-electron chi connectivity index (χ2n) is 22.1. The van der Waals surface area contributed by atoms with E-state index < -0.39 is 70.9 Å². The van der Waals surface area contributed by atoms with Gasteiger partial charge >= 0.3 is 24.5 Å². The molecule has 4 aliphatic carbocycles. The van der Waals surface area contributed by atoms with Crippen LogP contribution in [-0.2, 0) is 40.1 Å². The fourth-order valence-corrected chi connectivity index (χ4v) is 13.0. The number of nitrogens with one attached hydrogen (secondary N) is 3. The van der Waals surface area contributed by atoms with E-state index in [4.69, 9.17) is 25.1 Å². The molecule has 0 spiro atoms. The number of rotatable bonds is 9. The minimum absolute atomic E-state index is 0. The number of carbonyl (C=O) groups is 3. The van der Waals surface area contributed by atoms with Gasteiger partial charge in [-0.3, -0.25) is 0 Å². The van der Waals surface area contributed by atoms with Crippen molar-refractivity contribution in [3.8, 4) is 0 Å². The van der Waals surface area contributed by atoms with Gasteiger partial charge in [-0.25, -0.2) is 31.2 Å². The number of hydrogen-bond acceptors (Lipinski definition) is 13. The predicted octanol–water partition coefficient (Wildman–Crippen LogP) is 10.4. The average molecular weight is 1120 g/mol. The van der Waals surface area contributed by atoms with E-state index in [-0.39, 0.29) is 53.7 Å². The van der Waals surface area contributed by atoms with Crippen molar-refractivity contribution in [2.24, 2.45) is 5.73 Å². The molecule has 0 aromatic heterocycles. The van der Waals surface area contributed by atoms with Crippen LogP contribution in [0.5, 0.6) is 0 Å². The molecule has 0 unspecified atom stereocenters. The lowest BCUT2D eigenvalue weighted by Crippen LogP contribution is -2.50. The summed E-state index contributed by atoms with van der Waals surface area (Å²) in [5, 5.41) is 16.8. The van der Waals surface area contributed by atoms with Gasteiger partial charge in [0.2, 0.25) is 0 Å². The summed E-state index contributed by atoms with van der Waals surface area (Å²) in [5.41, 5.74) is 5.32. The first-order chi connectivity index (χ1) is 33.5. The van der Waals surface area contributed by atoms with Gasteiger partial charge in [0.25, 0.3) is 0 Å². The number of aliphatic hydroxyl groups is 1. The molecule has 4 saturated carbocycles. The molecule has 0 aliphatic heterocycles. The number of aliphatic hydroxyl groups excluding tert-OH is 1. The van der Waals surface area contributed by atoms with Crippen molar-refractivity contribution in [3.05, 3.63) is 89.5 Å². The van der Waals surface area contributed by atoms with Gasteiger partial charge in [-0.15, -0.1) is 24.2 Å². The van der Waals surface area contributed by atoms with Crippen LogP contribution < -0.4 is 21.7 Å². The summed E-state index contributed by atoms with van der Waals surface area (Å²) in [6, 6.07) is 19.3. The van der Waals surface area contributed by atoms with E-state index in [2.05, 4.69) is 47.1 Å². The fourth-order valence-electron chi connectivity index (χ4n) is 7.61. The highest BCUT2D eigenvalue weighted by atomic mass is 35.5. The number of sulfone groups is 2. The Morgan fingerprint density at radius 2 is 0.959 bits per heavy atom. The normalized spacial score (nSPS) is 23.3. The Morgan fingerprint density at radius 1 is 0.581 bits per heavy atom. The van der Waals surface area contributed by atoms with E-state index in [9.17, 15) is 44.4 Å². The number of nitrogens with two attached hydrogens (primary N) is 1. The van der Waals surface area contributed by atoms with Crippen molar-refractivity contribution in [1.82, 2.24) is 16.0 Å². The van der Waals surface area contributed by atoms with E-state index in [1.807, 2.05) is 66.3 Å². The van der Waals surface area contributed by atoms with Crippen LogP contribution in [0.4, 0.5) is 27.6 Å². The molecule has 0 heterocycles. The molecule has 22 heteroatoms. The highest BCUT2D eigenvalue weighted by molar-refractivity contribution is 8.00. The third-order valence-corrected chi connectivity index (χ3v) is 17.2. The summed E-state index contributed by atoms with van der Waals surface area (Å²) >= 11 is 1.90. The van der Waals surface area contributed by atoms with Crippen LogP contribution in [0, 0.1) is 13.8 Å². The smallest absolute Gasteiger partial charge is 0.416 e. The van der Waals surface area contributed by atoms with Crippen molar-refractivity contribution >= 4 is 62.1 Å². The van der Waals surface area contributed by atoms with Crippen molar-refractivity contribution in [2.75, 3.05) is 0 Å². The maximum absolute atomic E-state index is 12.5. The van der Waals surface area contributed by atoms with Gasteiger partial charge in [0.05, 0.1) is 32.0 Å². The van der Waals surface area contributed by atoms with Crippen LogP contribution in [-0.4, -0.2) is 103 Å². The predicted molar refractivity (Wildman–Crippen MR) is 283 cm³/mol. The average Bonchev–Trinajstić information content (AvgIpc) is 3.18. The molecule has 74 heavy (non-hydrogen) atoms. The van der Waals surface area contributed by atoms with Crippen LogP contribution in [0.1, 0.15) is 130 Å². The zero-order valence-electron chi connectivity index (χ0n) is 44.1. The fraction of sp³-hybridized carbons (Fsp3) is 0.596. The molecule has 3 aromatic carbocycles. The molecular weight excluding hydrogens is 1050 g/mol. The van der Waals surface area contributed by atoms with E-state index in [1.54, 1.807) is 39.0 Å². The second-order valence-corrected chi connectivity index (χ2v) is 27.9. The van der Waals surface area contributed by atoms with Crippen LogP contribution in [0.2, 0.25) is 0 Å². The molecule has 4 aliphatic rings. The molecule has 416 valence electrons. The summed E-state index contributed by atoms with van der Waals surface area (Å²) in [6.45, 7) is 20.4. The van der Waals surface area contributed by atoms with Gasteiger partial charge in [-0.05, 0) is 176 Å². The van der Waals surface area contributed by atoms with Crippen LogP contribution in [0.3, 0.4) is 0 Å². The summed E-state index contributed by atoms with van der Waals surface area (Å²) in [4.78, 5) is 35.8. The molecule has 4 fully saturated rings. The molecule has 0 atom stereocenters. The molecule has 0 bridgehead atoms. The van der Waals surface area contributed by atoms with Crippen LogP contribution in [0.25, 0.3) is 0 Å². The Balaban J connectivity index is 0.000000263. The number of ether oxygens (including phenoxy) is 3. The van der Waals surface area contributed by atoms with Crippen molar-refractivity contribution in [1.29, 1.82) is 0 Å². The molecule has 3 aromatic rings. The second kappa shape index (κ2) is 26.2. The maximum atomic E-state index is 12.5. The SMILES string of the molecule is CC(C)(C)OC(=O)NC1CC(O)C1.Cc1cccc(S(=O)(=O)C2CC(NC(=O)OC(C)(C)C)C2)c1.Cc1cccc(SC2CC(NC(=O)OC(C)(C)C)C2)c1.Cl.NC1CC(S(=O)(=O)c2cccc(C(F)(F)F)c2)C1. The summed E-state index contributed by atoms with van der Waals surface area (Å²) in [5.74, 6) is 0. The Morgan fingerprint density at radius 3 is 1.35 bits per heavy atom. The lowest BCUT2D eigenvalue weighted by atomic mass is 9.90. The summed E-state index contributed by atoms with van der Waals surface area (Å²) in [6.07, 6.45) is -1.23. The number of aryl methyl sites for hydroxylation is 2. The quantitative estimate of drug-likeness (QED) is 0.126. The topological polar surface area (TPSA) is 230 Å². The molecule has 0 radical (unpaired) electrons. The lowest BCUT2D eigenvalue weighted by Gasteiger charge is -2.35. The first-order valence-electron chi connectivity index (χ1n) is 24.3. The number of alkyl carbamates (subject to hydrolysis) is 3. The third-order valence-electron chi connectivity index (χ3n) is 11.6. The first kappa shape index (κ1) is 64.0. The van der Waals surface area contributed by atoms with Crippen LogP contribution in [0.15, 0.2) is 87.5 Å². The Bertz CT molecular complexity index is 2560. The summed E-state index contributed by atoms with van der Waals surface area (Å²) < 4.78 is 102. The molecule has 6 N–H and O–H groups in total. The van der Waals surface area contributed by atoms with Gasteiger partial charge in [-0.2, -0.15) is 13.2 Å². The molecular formula is C52H76ClF3N4O11S3. The largest absolute Gasteiger partial charge is 0.444 e. The summed E-state index contributed by atoms with van der Waals surface area (Å²) in [7, 11) is -7.02. The van der Waals surface area contributed by atoms with Gasteiger partial charge in [-0.1, -0.05) is 35.9 Å². The Hall–Kier alpha value is -4.28. The number of amides is 3. The lowest BCUT2D eigenvalue weighted by molar-refractivity contribution is -0.137. The number of halogens is 4. The van der Waals surface area contributed by atoms with E-state index in [1.165, 1.54) is 16.5 Å². The van der Waals surface area contributed by atoms with Gasteiger partial charge in [0.1, 0.15) is 16.8 Å². The highest BCUT2D eigenvalue weighted by Crippen LogP contribution is 2.38. The van der Waals surface area contributed by atoms with Gasteiger partial charge in [0, 0.05) is 34.3 Å². The molecule has 7 rings (SSSR count). The first-order valence-corrected chi connectivity index (χ1v) is 28.3. The monoisotopic (exact) mass is 1120 g/mol. The van der Waals surface area contributed by atoms with Crippen LogP contribution >= 0.6 is 24.2 Å². The molecule has 3 amide bonds. The third kappa shape index (κ3) is 21.4. The number of alkyl halides is 3.